The van der Waals surface area contributed by atoms with E-state index in [0.717, 1.165) is 0 Å². The van der Waals surface area contributed by atoms with E-state index in [1.165, 1.54) is 0 Å². The van der Waals surface area contributed by atoms with E-state index >= 15 is 0 Å². The van der Waals surface area contributed by atoms with Crippen LogP contribution in [0.15, 0.2) is 0 Å². The van der Waals surface area contributed by atoms with E-state index in [9.17, 15) is 20.1 Å². The molecule has 5 N–H and O–H groups in total. The first kappa shape index (κ1) is 15.4. The molecule has 0 aliphatic heterocycles. The van der Waals surface area contributed by atoms with E-state index < -0.39 is 31.0 Å². The number of rotatable bonds is 7. The van der Waals surface area contributed by atoms with Gasteiger partial charge in [-0.05, 0) is 6.42 Å². The molecule has 0 spiro atoms. The molecule has 0 amide bonds. The van der Waals surface area contributed by atoms with Crippen LogP contribution in [0.1, 0.15) is 19.8 Å². The summed E-state index contributed by atoms with van der Waals surface area (Å²) in [4.78, 5) is 10.7. The monoisotopic (exact) mass is 251 g/mol. The highest BCUT2D eigenvalue weighted by Crippen LogP contribution is 2.15. The second-order valence-corrected chi connectivity index (χ2v) is 3.88. The molecule has 0 aromatic carbocycles. The van der Waals surface area contributed by atoms with Crippen molar-refractivity contribution in [2.45, 2.75) is 37.7 Å². The molecule has 7 heteroatoms. The van der Waals surface area contributed by atoms with Gasteiger partial charge in [-0.3, -0.25) is 0 Å². The highest BCUT2D eigenvalue weighted by atomic mass is 32.1. The Labute approximate surface area is 98.9 Å². The molecule has 0 aromatic heterocycles. The number of aliphatic hydroxyl groups is 4. The van der Waals surface area contributed by atoms with Crippen LogP contribution >= 0.6 is 12.2 Å². The van der Waals surface area contributed by atoms with Crippen LogP contribution < -0.4 is 5.32 Å². The van der Waals surface area contributed by atoms with Crippen LogP contribution in [0, 0.1) is 0 Å². The first-order chi connectivity index (χ1) is 7.41. The van der Waals surface area contributed by atoms with Crippen molar-refractivity contribution in [2.24, 2.45) is 0 Å². The number of thiocarbonyl (C=S) groups is 1. The molecule has 0 rings (SSSR count). The lowest BCUT2D eigenvalue weighted by atomic mass is 9.98. The van der Waals surface area contributed by atoms with E-state index in [-0.39, 0.29) is 4.99 Å². The lowest BCUT2D eigenvalue weighted by Gasteiger charge is -2.35. The molecule has 6 nitrogen and oxygen atoms in total. The van der Waals surface area contributed by atoms with Crippen molar-refractivity contribution < 1.29 is 25.2 Å². The van der Waals surface area contributed by atoms with Gasteiger partial charge in [0.05, 0.1) is 18.0 Å². The quantitative estimate of drug-likeness (QED) is 0.208. The van der Waals surface area contributed by atoms with Crippen LogP contribution in [0.25, 0.3) is 0 Å². The van der Waals surface area contributed by atoms with Crippen molar-refractivity contribution in [1.82, 2.24) is 5.32 Å². The van der Waals surface area contributed by atoms with Crippen molar-refractivity contribution >= 4 is 23.5 Å². The molecular formula is C9H17NO5S. The Bertz CT molecular complexity index is 250. The number of carbonyl (C=O) groups is 1. The summed E-state index contributed by atoms with van der Waals surface area (Å²) in [5.74, 6) is 0. The molecular weight excluding hydrogens is 234 g/mol. The average Bonchev–Trinajstić information content (AvgIpc) is 2.26. The molecule has 0 radical (unpaired) electrons. The van der Waals surface area contributed by atoms with Gasteiger partial charge in [-0.1, -0.05) is 19.1 Å². The molecule has 16 heavy (non-hydrogen) atoms. The molecule has 0 bridgehead atoms. The second-order valence-electron chi connectivity index (χ2n) is 3.39. The zero-order valence-corrected chi connectivity index (χ0v) is 9.78. The average molecular weight is 251 g/mol. The highest BCUT2D eigenvalue weighted by molar-refractivity contribution is 7.80. The molecule has 0 fully saturated rings. The molecule has 0 unspecified atom stereocenters. The maximum Gasteiger partial charge on any atom is 0.171 e. The normalized spacial score (nSPS) is 18.3. The fourth-order valence-corrected chi connectivity index (χ4v) is 1.30. The van der Waals surface area contributed by atoms with Gasteiger partial charge in [0.25, 0.3) is 0 Å². The van der Waals surface area contributed by atoms with Gasteiger partial charge in [-0.2, -0.15) is 0 Å². The summed E-state index contributed by atoms with van der Waals surface area (Å²) in [6.07, 6.45) is -2.92. The van der Waals surface area contributed by atoms with Gasteiger partial charge in [0.2, 0.25) is 0 Å². The molecule has 0 heterocycles. The molecule has 0 aliphatic carbocycles. The van der Waals surface area contributed by atoms with Crippen LogP contribution in [0.5, 0.6) is 0 Å². The number of nitrogens with one attached hydrogen (secondary N) is 1. The van der Waals surface area contributed by atoms with Crippen molar-refractivity contribution in [3.8, 4) is 0 Å². The molecule has 0 aromatic rings. The van der Waals surface area contributed by atoms with Crippen LogP contribution in [0.2, 0.25) is 0 Å². The van der Waals surface area contributed by atoms with Gasteiger partial charge in [-0.15, -0.1) is 0 Å². The Morgan fingerprint density at radius 3 is 2.50 bits per heavy atom. The van der Waals surface area contributed by atoms with Crippen molar-refractivity contribution in [3.05, 3.63) is 0 Å². The Morgan fingerprint density at radius 1 is 1.56 bits per heavy atom. The van der Waals surface area contributed by atoms with Gasteiger partial charge < -0.3 is 30.5 Å². The predicted octanol–water partition coefficient (Wildman–Crippen LogP) is -1.69. The Hall–Kier alpha value is -0.600. The number of carbonyl (C=O) groups excluding carboxylic acids is 1. The van der Waals surface area contributed by atoms with Crippen LogP contribution in [0.3, 0.4) is 0 Å². The van der Waals surface area contributed by atoms with E-state index in [1.54, 1.807) is 6.92 Å². The summed E-state index contributed by atoms with van der Waals surface area (Å²) < 4.78 is 0. The second kappa shape index (κ2) is 6.87. The van der Waals surface area contributed by atoms with Crippen molar-refractivity contribution in [1.29, 1.82) is 0 Å². The van der Waals surface area contributed by atoms with E-state index in [0.29, 0.717) is 12.7 Å². The minimum atomic E-state index is -2.06. The lowest BCUT2D eigenvalue weighted by molar-refractivity contribution is -0.150. The predicted molar refractivity (Wildman–Crippen MR) is 60.8 cm³/mol. The molecule has 0 saturated carbocycles. The van der Waals surface area contributed by atoms with Crippen molar-refractivity contribution in [3.63, 3.8) is 0 Å². The lowest BCUT2D eigenvalue weighted by Crippen LogP contribution is -2.60. The Kier molecular flexibility index (Phi) is 6.61. The number of aliphatic hydroxyl groups excluding tert-OH is 3. The number of hydrogen-bond acceptors (Lipinski definition) is 6. The topological polar surface area (TPSA) is 110 Å². The maximum absolute atomic E-state index is 10.4. The van der Waals surface area contributed by atoms with Crippen LogP contribution in [0.4, 0.5) is 0 Å². The van der Waals surface area contributed by atoms with Crippen LogP contribution in [-0.4, -0.2) is 56.2 Å². The smallest absolute Gasteiger partial charge is 0.171 e. The van der Waals surface area contributed by atoms with Gasteiger partial charge in [0, 0.05) is 0 Å². The standard InChI is InChI=1S/C9H17NO5S/c1-2-7(16)10-9(15,3-4-11)8(14)6(13)5-12/h4,6,8,12-15H,2-3,5H2,1H3,(H,10,16)/t6-,8+,9-/m1/s1. The minimum absolute atomic E-state index is 0.244. The first-order valence-electron chi connectivity index (χ1n) is 4.85. The summed E-state index contributed by atoms with van der Waals surface area (Å²) in [5, 5.41) is 39.8. The molecule has 3 atom stereocenters. The molecule has 0 aliphatic rings. The Morgan fingerprint density at radius 2 is 2.12 bits per heavy atom. The zero-order valence-electron chi connectivity index (χ0n) is 8.96. The van der Waals surface area contributed by atoms with Gasteiger partial charge in [0.1, 0.15) is 18.5 Å². The Balaban J connectivity index is 4.78. The zero-order chi connectivity index (χ0) is 12.8. The summed E-state index contributed by atoms with van der Waals surface area (Å²) in [6, 6.07) is 0. The fraction of sp³-hybridized carbons (Fsp3) is 0.778. The third-order valence-corrected chi connectivity index (χ3v) is 2.50. The molecule has 94 valence electrons. The summed E-state index contributed by atoms with van der Waals surface area (Å²) >= 11 is 4.82. The van der Waals surface area contributed by atoms with Crippen molar-refractivity contribution in [2.75, 3.05) is 6.61 Å². The third-order valence-electron chi connectivity index (χ3n) is 2.11. The number of aldehydes is 1. The fourth-order valence-electron chi connectivity index (χ4n) is 1.12. The largest absolute Gasteiger partial charge is 0.394 e. The van der Waals surface area contributed by atoms with E-state index in [2.05, 4.69) is 5.32 Å². The van der Waals surface area contributed by atoms with Crippen LogP contribution in [-0.2, 0) is 4.79 Å². The van der Waals surface area contributed by atoms with Gasteiger partial charge in [-0.25, -0.2) is 0 Å². The summed E-state index contributed by atoms with van der Waals surface area (Å²) in [6.45, 7) is 0.994. The minimum Gasteiger partial charge on any atom is -0.394 e. The van der Waals surface area contributed by atoms with E-state index in [1.807, 2.05) is 0 Å². The summed E-state index contributed by atoms with van der Waals surface area (Å²) in [5.41, 5.74) is -2.06. The third kappa shape index (κ3) is 4.11. The maximum atomic E-state index is 10.4. The number of hydrogen-bond donors (Lipinski definition) is 5. The van der Waals surface area contributed by atoms with Gasteiger partial charge in [0.15, 0.2) is 5.72 Å². The van der Waals surface area contributed by atoms with E-state index in [4.69, 9.17) is 17.3 Å². The first-order valence-corrected chi connectivity index (χ1v) is 5.26. The summed E-state index contributed by atoms with van der Waals surface area (Å²) in [7, 11) is 0. The van der Waals surface area contributed by atoms with Gasteiger partial charge >= 0.3 is 0 Å². The highest BCUT2D eigenvalue weighted by Gasteiger charge is 2.40. The SMILES string of the molecule is CCC(=S)N[C@@](O)(CC=O)[C@@H](O)[C@H](O)CO. The molecule has 0 saturated heterocycles.